The Morgan fingerprint density at radius 3 is 3.05 bits per heavy atom. The lowest BCUT2D eigenvalue weighted by Crippen LogP contribution is -2.37. The second kappa shape index (κ2) is 5.59. The summed E-state index contributed by atoms with van der Waals surface area (Å²) in [7, 11) is 0. The highest BCUT2D eigenvalue weighted by molar-refractivity contribution is 5.05. The SMILES string of the molecule is CC(C)C1NCCn2c(CCC3CCCO3)nnc21. The zero-order valence-electron chi connectivity index (χ0n) is 11.9. The van der Waals surface area contributed by atoms with Gasteiger partial charge in [-0.25, -0.2) is 0 Å². The van der Waals surface area contributed by atoms with Gasteiger partial charge in [0.05, 0.1) is 12.1 Å². The first-order chi connectivity index (χ1) is 9.25. The van der Waals surface area contributed by atoms with Gasteiger partial charge in [-0.15, -0.1) is 10.2 Å². The minimum Gasteiger partial charge on any atom is -0.378 e. The van der Waals surface area contributed by atoms with E-state index in [1.807, 2.05) is 0 Å². The third-order valence-corrected chi connectivity index (χ3v) is 4.21. The molecule has 2 aliphatic heterocycles. The summed E-state index contributed by atoms with van der Waals surface area (Å²) >= 11 is 0. The molecule has 5 nitrogen and oxygen atoms in total. The summed E-state index contributed by atoms with van der Waals surface area (Å²) in [4.78, 5) is 0. The maximum atomic E-state index is 5.68. The molecule has 0 aliphatic carbocycles. The fourth-order valence-corrected chi connectivity index (χ4v) is 3.13. The Hall–Kier alpha value is -0.940. The highest BCUT2D eigenvalue weighted by Gasteiger charge is 2.27. The van der Waals surface area contributed by atoms with E-state index in [0.29, 0.717) is 18.1 Å². The van der Waals surface area contributed by atoms with Crippen LogP contribution in [-0.4, -0.2) is 34.0 Å². The van der Waals surface area contributed by atoms with Crippen molar-refractivity contribution in [1.82, 2.24) is 20.1 Å². The Labute approximate surface area is 114 Å². The van der Waals surface area contributed by atoms with Crippen molar-refractivity contribution < 1.29 is 4.74 Å². The average Bonchev–Trinajstić information content (AvgIpc) is 3.05. The van der Waals surface area contributed by atoms with E-state index in [1.165, 1.54) is 12.8 Å². The van der Waals surface area contributed by atoms with E-state index in [4.69, 9.17) is 4.74 Å². The van der Waals surface area contributed by atoms with E-state index in [2.05, 4.69) is 33.9 Å². The smallest absolute Gasteiger partial charge is 0.150 e. The summed E-state index contributed by atoms with van der Waals surface area (Å²) in [5.74, 6) is 2.80. The topological polar surface area (TPSA) is 52.0 Å². The largest absolute Gasteiger partial charge is 0.378 e. The van der Waals surface area contributed by atoms with Gasteiger partial charge in [-0.1, -0.05) is 13.8 Å². The fourth-order valence-electron chi connectivity index (χ4n) is 3.13. The van der Waals surface area contributed by atoms with E-state index in [9.17, 15) is 0 Å². The van der Waals surface area contributed by atoms with Crippen LogP contribution in [0.3, 0.4) is 0 Å². The molecule has 0 radical (unpaired) electrons. The quantitative estimate of drug-likeness (QED) is 0.899. The molecule has 0 amide bonds. The Morgan fingerprint density at radius 1 is 1.42 bits per heavy atom. The Bertz CT molecular complexity index is 423. The second-order valence-corrected chi connectivity index (χ2v) is 5.98. The number of aryl methyl sites for hydroxylation is 1. The molecule has 2 unspecified atom stereocenters. The number of rotatable bonds is 4. The van der Waals surface area contributed by atoms with Crippen LogP contribution in [0.1, 0.15) is 50.8 Å². The van der Waals surface area contributed by atoms with Gasteiger partial charge < -0.3 is 14.6 Å². The highest BCUT2D eigenvalue weighted by atomic mass is 16.5. The molecular formula is C14H24N4O. The lowest BCUT2D eigenvalue weighted by molar-refractivity contribution is 0.104. The number of hydrogen-bond donors (Lipinski definition) is 1. The average molecular weight is 264 g/mol. The van der Waals surface area contributed by atoms with Crippen molar-refractivity contribution >= 4 is 0 Å². The lowest BCUT2D eigenvalue weighted by Gasteiger charge is -2.27. The first-order valence-corrected chi connectivity index (χ1v) is 7.52. The molecule has 0 saturated carbocycles. The monoisotopic (exact) mass is 264 g/mol. The number of nitrogens with zero attached hydrogens (tertiary/aromatic N) is 3. The summed E-state index contributed by atoms with van der Waals surface area (Å²) in [5, 5.41) is 12.4. The van der Waals surface area contributed by atoms with Crippen LogP contribution in [0.15, 0.2) is 0 Å². The molecule has 3 rings (SSSR count). The van der Waals surface area contributed by atoms with Gasteiger partial charge in [0.1, 0.15) is 5.82 Å². The van der Waals surface area contributed by atoms with Crippen LogP contribution in [-0.2, 0) is 17.7 Å². The van der Waals surface area contributed by atoms with Gasteiger partial charge in [0.2, 0.25) is 0 Å². The molecule has 1 aromatic rings. The van der Waals surface area contributed by atoms with E-state index in [-0.39, 0.29) is 0 Å². The van der Waals surface area contributed by atoms with Gasteiger partial charge in [-0.2, -0.15) is 0 Å². The fraction of sp³-hybridized carbons (Fsp3) is 0.857. The molecule has 5 heteroatoms. The first-order valence-electron chi connectivity index (χ1n) is 7.52. The van der Waals surface area contributed by atoms with Gasteiger partial charge >= 0.3 is 0 Å². The molecule has 3 heterocycles. The van der Waals surface area contributed by atoms with Gasteiger partial charge in [0.25, 0.3) is 0 Å². The van der Waals surface area contributed by atoms with Crippen LogP contribution in [0.4, 0.5) is 0 Å². The zero-order chi connectivity index (χ0) is 13.2. The number of nitrogens with one attached hydrogen (secondary N) is 1. The van der Waals surface area contributed by atoms with Gasteiger partial charge in [0.15, 0.2) is 5.82 Å². The minimum atomic E-state index is 0.345. The normalized spacial score (nSPS) is 26.9. The maximum absolute atomic E-state index is 5.68. The molecule has 19 heavy (non-hydrogen) atoms. The second-order valence-electron chi connectivity index (χ2n) is 5.98. The Balaban J connectivity index is 1.69. The molecule has 0 aromatic carbocycles. The predicted molar refractivity (Wildman–Crippen MR) is 72.9 cm³/mol. The molecule has 2 atom stereocenters. The number of fused-ring (bicyclic) bond motifs is 1. The van der Waals surface area contributed by atoms with Crippen LogP contribution >= 0.6 is 0 Å². The van der Waals surface area contributed by atoms with E-state index >= 15 is 0 Å². The number of aromatic nitrogens is 3. The van der Waals surface area contributed by atoms with Crippen LogP contribution < -0.4 is 5.32 Å². The van der Waals surface area contributed by atoms with E-state index < -0.39 is 0 Å². The summed E-state index contributed by atoms with van der Waals surface area (Å²) in [6.07, 6.45) is 4.93. The van der Waals surface area contributed by atoms with Crippen molar-refractivity contribution in [3.8, 4) is 0 Å². The van der Waals surface area contributed by atoms with Crippen LogP contribution in [0.5, 0.6) is 0 Å². The molecular weight excluding hydrogens is 240 g/mol. The molecule has 1 aromatic heterocycles. The molecule has 2 aliphatic rings. The Morgan fingerprint density at radius 2 is 2.32 bits per heavy atom. The summed E-state index contributed by atoms with van der Waals surface area (Å²) < 4.78 is 8.00. The molecule has 1 fully saturated rings. The predicted octanol–water partition coefficient (Wildman–Crippen LogP) is 1.69. The Kier molecular flexibility index (Phi) is 3.84. The third-order valence-electron chi connectivity index (χ3n) is 4.21. The van der Waals surface area contributed by atoms with Crippen molar-refractivity contribution in [2.75, 3.05) is 13.2 Å². The van der Waals surface area contributed by atoms with Gasteiger partial charge in [0, 0.05) is 26.1 Å². The third kappa shape index (κ3) is 2.67. The minimum absolute atomic E-state index is 0.345. The summed E-state index contributed by atoms with van der Waals surface area (Å²) in [5.41, 5.74) is 0. The van der Waals surface area contributed by atoms with Crippen molar-refractivity contribution in [2.45, 2.75) is 58.2 Å². The van der Waals surface area contributed by atoms with Crippen LogP contribution in [0.25, 0.3) is 0 Å². The van der Waals surface area contributed by atoms with E-state index in [1.54, 1.807) is 0 Å². The van der Waals surface area contributed by atoms with Crippen molar-refractivity contribution in [1.29, 1.82) is 0 Å². The number of ether oxygens (including phenoxy) is 1. The van der Waals surface area contributed by atoms with Crippen molar-refractivity contribution in [3.63, 3.8) is 0 Å². The van der Waals surface area contributed by atoms with Gasteiger partial charge in [-0.3, -0.25) is 0 Å². The zero-order valence-corrected chi connectivity index (χ0v) is 11.9. The number of hydrogen-bond acceptors (Lipinski definition) is 4. The molecule has 0 bridgehead atoms. The summed E-state index contributed by atoms with van der Waals surface area (Å²) in [6, 6.07) is 0.345. The van der Waals surface area contributed by atoms with Gasteiger partial charge in [-0.05, 0) is 25.2 Å². The van der Waals surface area contributed by atoms with E-state index in [0.717, 1.165) is 44.2 Å². The highest BCUT2D eigenvalue weighted by Crippen LogP contribution is 2.24. The maximum Gasteiger partial charge on any atom is 0.150 e. The van der Waals surface area contributed by atoms with Crippen molar-refractivity contribution in [3.05, 3.63) is 11.6 Å². The molecule has 106 valence electrons. The lowest BCUT2D eigenvalue weighted by atomic mass is 10.0. The molecule has 1 N–H and O–H groups in total. The van der Waals surface area contributed by atoms with Crippen molar-refractivity contribution in [2.24, 2.45) is 5.92 Å². The first kappa shape index (κ1) is 13.1. The molecule has 0 spiro atoms. The standard InChI is InChI=1S/C14H24N4O/c1-10(2)13-14-17-16-12(18(14)8-7-15-13)6-5-11-4-3-9-19-11/h10-11,13,15H,3-9H2,1-2H3. The van der Waals surface area contributed by atoms with Crippen LogP contribution in [0, 0.1) is 5.92 Å². The molecule has 1 saturated heterocycles. The summed E-state index contributed by atoms with van der Waals surface area (Å²) in [6.45, 7) is 7.40. The van der Waals surface area contributed by atoms with Crippen LogP contribution in [0.2, 0.25) is 0 Å².